The van der Waals surface area contributed by atoms with E-state index >= 15 is 0 Å². The van der Waals surface area contributed by atoms with E-state index < -0.39 is 8.24 Å². The Hall–Kier alpha value is -2.55. The van der Waals surface area contributed by atoms with E-state index in [0.29, 0.717) is 0 Å². The van der Waals surface area contributed by atoms with Gasteiger partial charge in [-0.05, 0) is 72.9 Å². The van der Waals surface area contributed by atoms with Crippen molar-refractivity contribution in [2.24, 2.45) is 0 Å². The number of aromatic nitrogens is 1. The molecule has 0 N–H and O–H groups in total. The minimum Gasteiger partial charge on any atom is -0.374 e. The number of nitriles is 1. The summed E-state index contributed by atoms with van der Waals surface area (Å²) < 4.78 is 2.58. The van der Waals surface area contributed by atoms with Gasteiger partial charge in [-0.1, -0.05) is 52.1 Å². The van der Waals surface area contributed by atoms with Gasteiger partial charge in [0.05, 0.1) is 11.6 Å². The second-order valence-electron chi connectivity index (χ2n) is 11.3. The number of rotatable bonds is 7. The number of aryl methyl sites for hydroxylation is 1. The molecule has 0 radical (unpaired) electrons. The van der Waals surface area contributed by atoms with Gasteiger partial charge in [-0.15, -0.1) is 0 Å². The molecular formula is C29H40N4Si. The Morgan fingerprint density at radius 1 is 0.941 bits per heavy atom. The van der Waals surface area contributed by atoms with Crippen LogP contribution in [0, 0.1) is 11.3 Å². The topological polar surface area (TPSA) is 35.2 Å². The monoisotopic (exact) mass is 472 g/mol. The fourth-order valence-electron chi connectivity index (χ4n) is 4.91. The van der Waals surface area contributed by atoms with E-state index in [-0.39, 0.29) is 5.04 Å². The van der Waals surface area contributed by atoms with Gasteiger partial charge in [-0.2, -0.15) is 5.26 Å². The lowest BCUT2D eigenvalue weighted by atomic mass is 10.1. The van der Waals surface area contributed by atoms with Gasteiger partial charge in [0.25, 0.3) is 0 Å². The van der Waals surface area contributed by atoms with Crippen LogP contribution in [0.1, 0.15) is 44.7 Å². The molecule has 0 bridgehead atoms. The van der Waals surface area contributed by atoms with Crippen molar-refractivity contribution in [2.75, 3.05) is 37.6 Å². The van der Waals surface area contributed by atoms with E-state index in [1.165, 1.54) is 41.5 Å². The van der Waals surface area contributed by atoms with E-state index in [1.54, 1.807) is 0 Å². The van der Waals surface area contributed by atoms with E-state index in [0.717, 1.165) is 38.2 Å². The summed E-state index contributed by atoms with van der Waals surface area (Å²) in [6.45, 7) is 17.7. The summed E-state index contributed by atoms with van der Waals surface area (Å²) in [5.41, 5.74) is 4.82. The number of nitrogens with zero attached hydrogens (tertiary/aromatic N) is 4. The quantitative estimate of drug-likeness (QED) is 0.290. The summed E-state index contributed by atoms with van der Waals surface area (Å²) in [5, 5.41) is 11.0. The fourth-order valence-corrected chi connectivity index (χ4v) is 6.91. The highest BCUT2D eigenvalue weighted by molar-refractivity contribution is 6.79. The maximum Gasteiger partial charge on any atom is 0.161 e. The highest BCUT2D eigenvalue weighted by atomic mass is 28.3. The van der Waals surface area contributed by atoms with Crippen LogP contribution in [0.25, 0.3) is 10.9 Å². The zero-order chi connectivity index (χ0) is 24.3. The Morgan fingerprint density at radius 2 is 1.65 bits per heavy atom. The van der Waals surface area contributed by atoms with Crippen LogP contribution in [-0.4, -0.2) is 50.1 Å². The van der Waals surface area contributed by atoms with Gasteiger partial charge >= 0.3 is 0 Å². The molecule has 0 aliphatic carbocycles. The van der Waals surface area contributed by atoms with Crippen LogP contribution >= 0.6 is 0 Å². The van der Waals surface area contributed by atoms with Crippen LogP contribution in [0.15, 0.2) is 54.7 Å². The van der Waals surface area contributed by atoms with Crippen molar-refractivity contribution in [1.29, 1.82) is 5.26 Å². The Morgan fingerprint density at radius 3 is 2.29 bits per heavy atom. The first kappa shape index (κ1) is 24.6. The van der Waals surface area contributed by atoms with Crippen molar-refractivity contribution in [3.05, 3.63) is 65.9 Å². The SMILES string of the molecule is CC(C)(C)[Si](C)(C)n1cc(CCCCN2CCN(c3ccccc3)CC2)c2cc(C#N)ccc21. The molecule has 4 nitrogen and oxygen atoms in total. The van der Waals surface area contributed by atoms with Gasteiger partial charge in [-0.3, -0.25) is 4.90 Å². The number of fused-ring (bicyclic) bond motifs is 1. The summed E-state index contributed by atoms with van der Waals surface area (Å²) in [4.78, 5) is 5.12. The molecule has 0 spiro atoms. The van der Waals surface area contributed by atoms with Gasteiger partial charge in [0, 0.05) is 42.8 Å². The van der Waals surface area contributed by atoms with E-state index in [1.807, 2.05) is 6.07 Å². The predicted molar refractivity (Wildman–Crippen MR) is 147 cm³/mol. The third-order valence-electron chi connectivity index (χ3n) is 8.12. The highest BCUT2D eigenvalue weighted by Crippen LogP contribution is 2.40. The lowest BCUT2D eigenvalue weighted by Crippen LogP contribution is -2.46. The van der Waals surface area contributed by atoms with Gasteiger partial charge < -0.3 is 9.13 Å². The molecule has 0 saturated carbocycles. The maximum atomic E-state index is 9.48. The summed E-state index contributed by atoms with van der Waals surface area (Å²) in [7, 11) is -1.74. The Balaban J connectivity index is 1.38. The van der Waals surface area contributed by atoms with Gasteiger partial charge in [0.1, 0.15) is 0 Å². The Bertz CT molecular complexity index is 1140. The van der Waals surface area contributed by atoms with Gasteiger partial charge in [0.2, 0.25) is 0 Å². The van der Waals surface area contributed by atoms with Crippen LogP contribution in [0.4, 0.5) is 5.69 Å². The van der Waals surface area contributed by atoms with Crippen molar-refractivity contribution in [3.63, 3.8) is 0 Å². The Kier molecular flexibility index (Phi) is 7.21. The van der Waals surface area contributed by atoms with Crippen molar-refractivity contribution < 1.29 is 0 Å². The molecule has 1 fully saturated rings. The smallest absolute Gasteiger partial charge is 0.161 e. The van der Waals surface area contributed by atoms with E-state index in [4.69, 9.17) is 0 Å². The standard InChI is InChI=1S/C29H40N4Si/c1-29(2,3)34(4,5)33-23-25(27-21-24(22-30)14-15-28(27)33)11-9-10-16-31-17-19-32(20-18-31)26-12-7-6-8-13-26/h6-8,12-15,21,23H,9-11,16-20H2,1-5H3. The molecular weight excluding hydrogens is 432 g/mol. The normalized spacial score (nSPS) is 15.6. The first-order valence-corrected chi connectivity index (χ1v) is 15.7. The van der Waals surface area contributed by atoms with E-state index in [9.17, 15) is 5.26 Å². The third-order valence-corrected chi connectivity index (χ3v) is 13.4. The van der Waals surface area contributed by atoms with Crippen LogP contribution in [0.2, 0.25) is 18.1 Å². The lowest BCUT2D eigenvalue weighted by molar-refractivity contribution is 0.253. The molecule has 0 amide bonds. The molecule has 34 heavy (non-hydrogen) atoms. The number of hydrogen-bond acceptors (Lipinski definition) is 3. The molecule has 1 saturated heterocycles. The minimum absolute atomic E-state index is 0.256. The second kappa shape index (κ2) is 9.97. The third kappa shape index (κ3) is 5.09. The number of anilines is 1. The first-order chi connectivity index (χ1) is 16.2. The van der Waals surface area contributed by atoms with Crippen LogP contribution in [0.5, 0.6) is 0 Å². The van der Waals surface area contributed by atoms with Crippen molar-refractivity contribution >= 4 is 24.8 Å². The summed E-state index contributed by atoms with van der Waals surface area (Å²) in [5.74, 6) is 0. The van der Waals surface area contributed by atoms with Crippen LogP contribution in [-0.2, 0) is 6.42 Å². The molecule has 180 valence electrons. The lowest BCUT2D eigenvalue weighted by Gasteiger charge is -2.38. The molecule has 2 aromatic carbocycles. The second-order valence-corrected chi connectivity index (χ2v) is 16.4. The molecule has 1 aromatic heterocycles. The van der Waals surface area contributed by atoms with Crippen molar-refractivity contribution in [3.8, 4) is 6.07 Å². The number of unbranched alkanes of at least 4 members (excludes halogenated alkanes) is 1. The van der Waals surface area contributed by atoms with Crippen LogP contribution in [0.3, 0.4) is 0 Å². The first-order valence-electron chi connectivity index (χ1n) is 12.8. The molecule has 3 aromatic rings. The molecule has 1 aliphatic heterocycles. The molecule has 1 aliphatic rings. The molecule has 2 heterocycles. The predicted octanol–water partition coefficient (Wildman–Crippen LogP) is 6.51. The zero-order valence-corrected chi connectivity index (χ0v) is 22.6. The van der Waals surface area contributed by atoms with E-state index in [2.05, 4.69) is 103 Å². The number of para-hydroxylation sites is 1. The van der Waals surface area contributed by atoms with Gasteiger partial charge in [0.15, 0.2) is 8.24 Å². The highest BCUT2D eigenvalue weighted by Gasteiger charge is 2.38. The maximum absolute atomic E-state index is 9.48. The molecule has 0 unspecified atom stereocenters. The molecule has 4 rings (SSSR count). The number of benzene rings is 2. The average molecular weight is 473 g/mol. The molecule has 0 atom stereocenters. The fraction of sp³-hybridized carbons (Fsp3) is 0.483. The minimum atomic E-state index is -1.74. The zero-order valence-electron chi connectivity index (χ0n) is 21.6. The van der Waals surface area contributed by atoms with Gasteiger partial charge in [-0.25, -0.2) is 0 Å². The number of piperazine rings is 1. The summed E-state index contributed by atoms with van der Waals surface area (Å²) in [6, 6.07) is 19.4. The summed E-state index contributed by atoms with van der Waals surface area (Å²) in [6.07, 6.45) is 5.90. The van der Waals surface area contributed by atoms with Crippen LogP contribution < -0.4 is 4.90 Å². The largest absolute Gasteiger partial charge is 0.374 e. The summed E-state index contributed by atoms with van der Waals surface area (Å²) >= 11 is 0. The van der Waals surface area contributed by atoms with Crippen molar-refractivity contribution in [1.82, 2.24) is 9.13 Å². The number of hydrogen-bond donors (Lipinski definition) is 0. The Labute approximate surface area is 206 Å². The molecule has 5 heteroatoms. The average Bonchev–Trinajstić information content (AvgIpc) is 3.20. The van der Waals surface area contributed by atoms with Crippen molar-refractivity contribution in [2.45, 2.75) is 58.2 Å².